The second-order valence-corrected chi connectivity index (χ2v) is 15.4. The van der Waals surface area contributed by atoms with E-state index in [1.54, 1.807) is 20.3 Å². The maximum absolute atomic E-state index is 13.2. The van der Waals surface area contributed by atoms with Crippen LogP contribution >= 0.6 is 0 Å². The van der Waals surface area contributed by atoms with Crippen LogP contribution in [0.25, 0.3) is 0 Å². The van der Waals surface area contributed by atoms with Crippen LogP contribution in [0, 0.1) is 25.7 Å². The van der Waals surface area contributed by atoms with Gasteiger partial charge in [0.25, 0.3) is 0 Å². The van der Waals surface area contributed by atoms with Gasteiger partial charge in [-0.05, 0) is 86.5 Å². The summed E-state index contributed by atoms with van der Waals surface area (Å²) in [5.41, 5.74) is 5.17. The largest absolute Gasteiger partial charge is 0.458 e. The summed E-state index contributed by atoms with van der Waals surface area (Å²) in [4.78, 5) is 48.9. The molecule has 2 unspecified atom stereocenters. The summed E-state index contributed by atoms with van der Waals surface area (Å²) in [5.74, 6) is -0.544. The molecular formula is C47H66O11. The molecule has 2 aliphatic rings. The zero-order valence-electron chi connectivity index (χ0n) is 35.5. The first-order chi connectivity index (χ1) is 28.0. The molecule has 0 aliphatic carbocycles. The number of ether oxygens (including phenoxy) is 7. The van der Waals surface area contributed by atoms with Crippen LogP contribution in [0.4, 0.5) is 0 Å². The van der Waals surface area contributed by atoms with E-state index in [-0.39, 0.29) is 56.7 Å². The van der Waals surface area contributed by atoms with Crippen molar-refractivity contribution >= 4 is 24.2 Å². The van der Waals surface area contributed by atoms with Crippen molar-refractivity contribution in [2.24, 2.45) is 11.8 Å². The van der Waals surface area contributed by atoms with Crippen LogP contribution in [-0.2, 0) is 55.6 Å². The molecule has 2 heterocycles. The number of fused-ring (bicyclic) bond motifs is 2. The molecular weight excluding hydrogens is 741 g/mol. The van der Waals surface area contributed by atoms with Gasteiger partial charge >= 0.3 is 17.9 Å². The second-order valence-electron chi connectivity index (χ2n) is 15.4. The highest BCUT2D eigenvalue weighted by Gasteiger charge is 2.29. The van der Waals surface area contributed by atoms with Gasteiger partial charge in [-0.2, -0.15) is 0 Å². The maximum Gasteiger partial charge on any atom is 0.338 e. The number of benzene rings is 2. The number of cyclic esters (lactones) is 2. The Balaban J connectivity index is 0.000000317. The van der Waals surface area contributed by atoms with Crippen LogP contribution in [0.3, 0.4) is 0 Å². The van der Waals surface area contributed by atoms with Crippen LogP contribution < -0.4 is 0 Å². The number of aryl methyl sites for hydroxylation is 4. The fourth-order valence-corrected chi connectivity index (χ4v) is 7.57. The normalized spacial score (nSPS) is 23.4. The Labute approximate surface area is 345 Å². The van der Waals surface area contributed by atoms with Crippen LogP contribution in [-0.4, -0.2) is 83.0 Å². The van der Waals surface area contributed by atoms with E-state index in [1.165, 1.54) is 12.2 Å². The van der Waals surface area contributed by atoms with Gasteiger partial charge in [-0.25, -0.2) is 14.4 Å². The molecule has 0 saturated heterocycles. The molecule has 11 nitrogen and oxygen atoms in total. The minimum Gasteiger partial charge on any atom is -0.458 e. The third kappa shape index (κ3) is 16.2. The lowest BCUT2D eigenvalue weighted by Gasteiger charge is -2.29. The van der Waals surface area contributed by atoms with Crippen molar-refractivity contribution in [3.8, 4) is 0 Å². The molecule has 0 bridgehead atoms. The van der Waals surface area contributed by atoms with Gasteiger partial charge in [0, 0.05) is 46.0 Å². The predicted molar refractivity (Wildman–Crippen MR) is 223 cm³/mol. The fourth-order valence-electron chi connectivity index (χ4n) is 7.57. The van der Waals surface area contributed by atoms with Gasteiger partial charge in [0.15, 0.2) is 0 Å². The van der Waals surface area contributed by atoms with Crippen molar-refractivity contribution in [3.05, 3.63) is 94.6 Å². The molecule has 58 heavy (non-hydrogen) atoms. The molecule has 0 saturated carbocycles. The number of hydrogen-bond acceptors (Lipinski definition) is 11. The van der Waals surface area contributed by atoms with Gasteiger partial charge in [0.1, 0.15) is 38.7 Å². The molecule has 0 N–H and O–H groups in total. The first-order valence-electron chi connectivity index (χ1n) is 20.7. The summed E-state index contributed by atoms with van der Waals surface area (Å²) in [6.07, 6.45) is 13.6. The van der Waals surface area contributed by atoms with Gasteiger partial charge in [0.05, 0.1) is 23.3 Å². The molecule has 4 rings (SSSR count). The smallest absolute Gasteiger partial charge is 0.338 e. The van der Waals surface area contributed by atoms with Crippen molar-refractivity contribution in [1.82, 2.24) is 0 Å². The number of aldehydes is 1. The summed E-state index contributed by atoms with van der Waals surface area (Å²) in [6.45, 7) is 12.2. The molecule has 0 amide bonds. The van der Waals surface area contributed by atoms with Crippen LogP contribution in [0.1, 0.15) is 121 Å². The van der Waals surface area contributed by atoms with E-state index in [0.29, 0.717) is 36.3 Å². The predicted octanol–water partition coefficient (Wildman–Crippen LogP) is 8.79. The van der Waals surface area contributed by atoms with Crippen molar-refractivity contribution in [2.45, 2.75) is 129 Å². The van der Waals surface area contributed by atoms with Gasteiger partial charge in [-0.15, -0.1) is 0 Å². The minimum atomic E-state index is -0.490. The van der Waals surface area contributed by atoms with Gasteiger partial charge < -0.3 is 38.0 Å². The van der Waals surface area contributed by atoms with E-state index in [0.717, 1.165) is 79.9 Å². The van der Waals surface area contributed by atoms with Gasteiger partial charge in [-0.1, -0.05) is 81.8 Å². The lowest BCUT2D eigenvalue weighted by Crippen LogP contribution is -2.31. The fraction of sp³-hybridized carbons (Fsp3) is 0.574. The quantitative estimate of drug-likeness (QED) is 0.0481. The molecule has 2 aromatic rings. The van der Waals surface area contributed by atoms with Crippen LogP contribution in [0.15, 0.2) is 61.2 Å². The number of methoxy groups -OCH3 is 2. The van der Waals surface area contributed by atoms with Crippen molar-refractivity contribution in [2.75, 3.05) is 34.4 Å². The molecule has 2 aliphatic heterocycles. The standard InChI is InChI=1S/C26H36O6.C21H30O5/c1-5-16-30-24(27)15-9-14-22-17-23(31-18-29-4)19(2)10-6-7-12-21-13-8-11-20(3)25(21)26(28)32-22;1-15-7-4-5-9-17-10-6-8-16(2)20(17)21(23)26-18(11-12-22)13-19(15)25-14-24-3/h5,8-9,11,13,15,19,22-23H,1,6-7,10,12,14,16-18H2,2-4H3;6,8,10,12,15,18-19H,4-5,7,9,11,13-14H2,1-3H3/b15-9+;/t19-,22?,23+;15-,18?,19+/m00/s1. The number of carbonyl (C=O) groups excluding carboxylic acids is 4. The summed E-state index contributed by atoms with van der Waals surface area (Å²) in [5, 5.41) is 0. The summed E-state index contributed by atoms with van der Waals surface area (Å²) < 4.78 is 38.6. The van der Waals surface area contributed by atoms with E-state index in [9.17, 15) is 19.2 Å². The molecule has 0 aromatic heterocycles. The highest BCUT2D eigenvalue weighted by molar-refractivity contribution is 5.93. The summed E-state index contributed by atoms with van der Waals surface area (Å²) in [7, 11) is 3.18. The highest BCUT2D eigenvalue weighted by Crippen LogP contribution is 2.28. The molecule has 0 fully saturated rings. The Morgan fingerprint density at radius 3 is 1.69 bits per heavy atom. The van der Waals surface area contributed by atoms with Crippen LogP contribution in [0.5, 0.6) is 0 Å². The summed E-state index contributed by atoms with van der Waals surface area (Å²) >= 11 is 0. The monoisotopic (exact) mass is 806 g/mol. The average molecular weight is 807 g/mol. The van der Waals surface area contributed by atoms with Crippen molar-refractivity contribution in [1.29, 1.82) is 0 Å². The topological polar surface area (TPSA) is 133 Å². The first-order valence-corrected chi connectivity index (χ1v) is 20.7. The Morgan fingerprint density at radius 1 is 0.759 bits per heavy atom. The molecule has 0 spiro atoms. The number of carbonyl (C=O) groups is 4. The second kappa shape index (κ2) is 26.8. The third-order valence-corrected chi connectivity index (χ3v) is 10.8. The SMILES string of the molecule is C=CCOC(=O)/C=C/CC1C[C@@H](OCOC)[C@@H](C)CCCCc2cccc(C)c2C(=O)O1.COCO[C@@H]1CC(CC=O)OC(=O)c2c(C)cccc2CCCC[C@@H]1C. The molecule has 6 atom stereocenters. The Kier molecular flexibility index (Phi) is 22.2. The maximum atomic E-state index is 13.2. The third-order valence-electron chi connectivity index (χ3n) is 10.8. The number of hydrogen-bond donors (Lipinski definition) is 0. The van der Waals surface area contributed by atoms with Gasteiger partial charge in [-0.3, -0.25) is 0 Å². The minimum absolute atomic E-state index is 0.108. The number of rotatable bonds is 13. The Morgan fingerprint density at radius 2 is 1.24 bits per heavy atom. The molecule has 2 aromatic carbocycles. The van der Waals surface area contributed by atoms with Crippen LogP contribution in [0.2, 0.25) is 0 Å². The molecule has 0 radical (unpaired) electrons. The Bertz CT molecular complexity index is 1620. The van der Waals surface area contributed by atoms with E-state index in [4.69, 9.17) is 33.2 Å². The van der Waals surface area contributed by atoms with E-state index in [1.807, 2.05) is 50.2 Å². The van der Waals surface area contributed by atoms with Crippen molar-refractivity contribution < 1.29 is 52.3 Å². The average Bonchev–Trinajstić information content (AvgIpc) is 3.19. The molecule has 320 valence electrons. The van der Waals surface area contributed by atoms with Crippen molar-refractivity contribution in [3.63, 3.8) is 0 Å². The highest BCUT2D eigenvalue weighted by atomic mass is 16.7. The van der Waals surface area contributed by atoms with E-state index < -0.39 is 18.2 Å². The van der Waals surface area contributed by atoms with Gasteiger partial charge in [0.2, 0.25) is 0 Å². The zero-order chi connectivity index (χ0) is 42.3. The van der Waals surface area contributed by atoms with E-state index in [2.05, 4.69) is 20.4 Å². The zero-order valence-corrected chi connectivity index (χ0v) is 35.5. The number of esters is 3. The Hall–Kier alpha value is -4.16. The van der Waals surface area contributed by atoms with E-state index >= 15 is 0 Å². The molecule has 11 heteroatoms. The summed E-state index contributed by atoms with van der Waals surface area (Å²) in [6, 6.07) is 11.8. The lowest BCUT2D eigenvalue weighted by molar-refractivity contribution is -0.136. The first kappa shape index (κ1) is 48.2. The lowest BCUT2D eigenvalue weighted by atomic mass is 9.90.